The van der Waals surface area contributed by atoms with Crippen molar-refractivity contribution in [3.05, 3.63) is 0 Å². The predicted octanol–water partition coefficient (Wildman–Crippen LogP) is 2.02. The van der Waals surface area contributed by atoms with Gasteiger partial charge in [0.15, 0.2) is 0 Å². The van der Waals surface area contributed by atoms with Crippen LogP contribution in [0.1, 0.15) is 52.9 Å². The Morgan fingerprint density at radius 2 is 1.82 bits per heavy atom. The summed E-state index contributed by atoms with van der Waals surface area (Å²) >= 11 is 0. The second-order valence-corrected chi connectivity index (χ2v) is 5.70. The fourth-order valence-electron chi connectivity index (χ4n) is 2.09. The van der Waals surface area contributed by atoms with Crippen molar-refractivity contribution < 1.29 is 14.3 Å². The molecule has 98 valence electrons. The normalized spacial score (nSPS) is 16.9. The van der Waals surface area contributed by atoms with E-state index in [1.165, 1.54) is 25.7 Å². The topological polar surface area (TPSA) is 55.4 Å². The van der Waals surface area contributed by atoms with Crippen LogP contribution in [0.4, 0.5) is 0 Å². The summed E-state index contributed by atoms with van der Waals surface area (Å²) in [6.45, 7) is 5.81. The van der Waals surface area contributed by atoms with Crippen molar-refractivity contribution in [3.63, 3.8) is 0 Å². The highest BCUT2D eigenvalue weighted by Gasteiger charge is 2.23. The average Bonchev–Trinajstić information content (AvgIpc) is 2.67. The molecule has 1 rings (SSSR count). The summed E-state index contributed by atoms with van der Waals surface area (Å²) in [6.07, 6.45) is 6.06. The lowest BCUT2D eigenvalue weighted by Crippen LogP contribution is -2.37. The van der Waals surface area contributed by atoms with E-state index in [0.717, 1.165) is 6.42 Å². The van der Waals surface area contributed by atoms with E-state index in [0.29, 0.717) is 12.5 Å². The molecule has 0 atom stereocenters. The number of carbonyl (C=O) groups excluding carboxylic acids is 2. The molecule has 0 aromatic heterocycles. The molecule has 0 bridgehead atoms. The molecule has 0 unspecified atom stereocenters. The first-order valence-corrected chi connectivity index (χ1v) is 6.39. The van der Waals surface area contributed by atoms with Gasteiger partial charge >= 0.3 is 11.9 Å². The fourth-order valence-corrected chi connectivity index (χ4v) is 2.09. The fraction of sp³-hybridized carbons (Fsp3) is 0.846. The van der Waals surface area contributed by atoms with Gasteiger partial charge < -0.3 is 10.1 Å². The molecule has 4 nitrogen and oxygen atoms in total. The molecule has 0 spiro atoms. The number of rotatable bonds is 3. The maximum absolute atomic E-state index is 11.4. The molecule has 1 fully saturated rings. The zero-order valence-corrected chi connectivity index (χ0v) is 11.0. The largest absolute Gasteiger partial charge is 0.453 e. The molecule has 0 aliphatic heterocycles. The van der Waals surface area contributed by atoms with E-state index in [2.05, 4.69) is 5.32 Å². The SMILES string of the molecule is CC(C)(C)OC(=O)C(=O)NCCC1CCCC1. The Hall–Kier alpha value is -1.06. The van der Waals surface area contributed by atoms with Gasteiger partial charge in [-0.15, -0.1) is 0 Å². The molecular weight excluding hydrogens is 218 g/mol. The van der Waals surface area contributed by atoms with Crippen molar-refractivity contribution in [2.24, 2.45) is 5.92 Å². The van der Waals surface area contributed by atoms with Gasteiger partial charge in [0.2, 0.25) is 0 Å². The summed E-state index contributed by atoms with van der Waals surface area (Å²) in [4.78, 5) is 22.8. The lowest BCUT2D eigenvalue weighted by Gasteiger charge is -2.19. The first kappa shape index (κ1) is 14.0. The molecule has 1 amide bonds. The first-order chi connectivity index (χ1) is 7.88. The van der Waals surface area contributed by atoms with Crippen molar-refractivity contribution >= 4 is 11.9 Å². The number of ether oxygens (including phenoxy) is 1. The van der Waals surface area contributed by atoms with Crippen LogP contribution in [0.2, 0.25) is 0 Å². The van der Waals surface area contributed by atoms with Gasteiger partial charge in [-0.1, -0.05) is 25.7 Å². The molecule has 0 aromatic rings. The summed E-state index contributed by atoms with van der Waals surface area (Å²) in [5.41, 5.74) is -0.611. The summed E-state index contributed by atoms with van der Waals surface area (Å²) in [6, 6.07) is 0. The van der Waals surface area contributed by atoms with Gasteiger partial charge in [0.1, 0.15) is 5.60 Å². The lowest BCUT2D eigenvalue weighted by molar-refractivity contribution is -0.163. The zero-order valence-electron chi connectivity index (χ0n) is 11.0. The molecule has 0 heterocycles. The van der Waals surface area contributed by atoms with Crippen molar-refractivity contribution in [2.45, 2.75) is 58.5 Å². The highest BCUT2D eigenvalue weighted by Crippen LogP contribution is 2.26. The monoisotopic (exact) mass is 241 g/mol. The summed E-state index contributed by atoms with van der Waals surface area (Å²) < 4.78 is 4.97. The number of amides is 1. The molecule has 0 radical (unpaired) electrons. The second-order valence-electron chi connectivity index (χ2n) is 5.70. The lowest BCUT2D eigenvalue weighted by atomic mass is 10.0. The minimum atomic E-state index is -0.788. The number of esters is 1. The zero-order chi connectivity index (χ0) is 12.9. The van der Waals surface area contributed by atoms with Gasteiger partial charge in [-0.2, -0.15) is 0 Å². The van der Waals surface area contributed by atoms with Gasteiger partial charge in [-0.25, -0.2) is 4.79 Å². The molecule has 1 aliphatic carbocycles. The maximum Gasteiger partial charge on any atom is 0.397 e. The van der Waals surface area contributed by atoms with E-state index < -0.39 is 17.5 Å². The van der Waals surface area contributed by atoms with Crippen LogP contribution >= 0.6 is 0 Å². The Labute approximate surface area is 103 Å². The van der Waals surface area contributed by atoms with Crippen LogP contribution in [0.5, 0.6) is 0 Å². The van der Waals surface area contributed by atoms with Crippen molar-refractivity contribution in [3.8, 4) is 0 Å². The Morgan fingerprint density at radius 3 is 2.35 bits per heavy atom. The molecule has 0 saturated heterocycles. The number of hydrogen-bond acceptors (Lipinski definition) is 3. The Morgan fingerprint density at radius 1 is 1.24 bits per heavy atom. The third-order valence-corrected chi connectivity index (χ3v) is 2.90. The number of nitrogens with one attached hydrogen (secondary N) is 1. The van der Waals surface area contributed by atoms with E-state index in [9.17, 15) is 9.59 Å². The third-order valence-electron chi connectivity index (χ3n) is 2.90. The standard InChI is InChI=1S/C13H23NO3/c1-13(2,3)17-12(16)11(15)14-9-8-10-6-4-5-7-10/h10H,4-9H2,1-3H3,(H,14,15). The van der Waals surface area contributed by atoms with E-state index in [4.69, 9.17) is 4.74 Å². The smallest absolute Gasteiger partial charge is 0.397 e. The maximum atomic E-state index is 11.4. The van der Waals surface area contributed by atoms with Crippen LogP contribution in [-0.2, 0) is 14.3 Å². The predicted molar refractivity (Wildman–Crippen MR) is 65.4 cm³/mol. The minimum absolute atomic E-state index is 0.572. The third kappa shape index (κ3) is 5.71. The van der Waals surface area contributed by atoms with Gasteiger partial charge in [0.05, 0.1) is 0 Å². The molecular formula is C13H23NO3. The Bertz CT molecular complexity index is 275. The quantitative estimate of drug-likeness (QED) is 0.607. The highest BCUT2D eigenvalue weighted by atomic mass is 16.6. The molecule has 0 aromatic carbocycles. The number of carbonyl (C=O) groups is 2. The molecule has 1 aliphatic rings. The van der Waals surface area contributed by atoms with Crippen molar-refractivity contribution in [1.29, 1.82) is 0 Å². The second kappa shape index (κ2) is 6.03. The number of hydrogen-bond donors (Lipinski definition) is 1. The van der Waals surface area contributed by atoms with Gasteiger partial charge in [0.25, 0.3) is 0 Å². The van der Waals surface area contributed by atoms with Crippen LogP contribution < -0.4 is 5.32 Å². The van der Waals surface area contributed by atoms with Crippen LogP contribution in [0.25, 0.3) is 0 Å². The Balaban J connectivity index is 2.17. The van der Waals surface area contributed by atoms with Crippen molar-refractivity contribution in [2.75, 3.05) is 6.54 Å². The summed E-state index contributed by atoms with van der Waals surface area (Å²) in [7, 11) is 0. The van der Waals surface area contributed by atoms with Gasteiger partial charge in [-0.05, 0) is 33.1 Å². The van der Waals surface area contributed by atoms with Crippen LogP contribution in [-0.4, -0.2) is 24.0 Å². The minimum Gasteiger partial charge on any atom is -0.453 e. The molecule has 1 saturated carbocycles. The molecule has 17 heavy (non-hydrogen) atoms. The highest BCUT2D eigenvalue weighted by molar-refractivity contribution is 6.32. The van der Waals surface area contributed by atoms with E-state index in [1.807, 2.05) is 0 Å². The summed E-state index contributed by atoms with van der Waals surface area (Å²) in [5, 5.41) is 2.62. The molecule has 1 N–H and O–H groups in total. The van der Waals surface area contributed by atoms with Crippen LogP contribution in [0.15, 0.2) is 0 Å². The van der Waals surface area contributed by atoms with Crippen molar-refractivity contribution in [1.82, 2.24) is 5.32 Å². The first-order valence-electron chi connectivity index (χ1n) is 6.39. The summed E-state index contributed by atoms with van der Waals surface area (Å²) in [5.74, 6) is -0.698. The van der Waals surface area contributed by atoms with Crippen LogP contribution in [0, 0.1) is 5.92 Å². The molecule has 4 heteroatoms. The van der Waals surface area contributed by atoms with E-state index in [1.54, 1.807) is 20.8 Å². The van der Waals surface area contributed by atoms with Crippen LogP contribution in [0.3, 0.4) is 0 Å². The Kier molecular flexibility index (Phi) is 4.97. The van der Waals surface area contributed by atoms with Gasteiger partial charge in [-0.3, -0.25) is 4.79 Å². The van der Waals surface area contributed by atoms with E-state index >= 15 is 0 Å². The average molecular weight is 241 g/mol. The van der Waals surface area contributed by atoms with Gasteiger partial charge in [0, 0.05) is 6.54 Å². The van der Waals surface area contributed by atoms with E-state index in [-0.39, 0.29) is 0 Å².